The molecule has 6 rings (SSSR count). The molecule has 0 radical (unpaired) electrons. The van der Waals surface area contributed by atoms with E-state index in [1.807, 2.05) is 42.5 Å². The molecule has 0 fully saturated rings. The van der Waals surface area contributed by atoms with E-state index in [4.69, 9.17) is 4.74 Å². The molecule has 5 aromatic carbocycles. The third kappa shape index (κ3) is 4.03. The largest absolute Gasteiger partial charge is 0.497 e. The zero-order valence-corrected chi connectivity index (χ0v) is 20.4. The van der Waals surface area contributed by atoms with Gasteiger partial charge in [0.2, 0.25) is 0 Å². The molecule has 0 aliphatic heterocycles. The van der Waals surface area contributed by atoms with Gasteiger partial charge < -0.3 is 14.4 Å². The Balaban J connectivity index is 1.63. The standard InChI is InChI=1S/C33H25NO3/c1-37-25-13-7-11-23(19-25)30-21-34(20-24-12-6-10-22-9-2-3-14-26(22)24)31-18-8-17-28(32(30)31)27-15-4-5-16-29(27)33(35)36/h2-19,21H,20H2,1H3,(H,35,36). The monoisotopic (exact) mass is 483 g/mol. The molecule has 1 heterocycles. The third-order valence-electron chi connectivity index (χ3n) is 6.96. The molecular weight excluding hydrogens is 458 g/mol. The number of fused-ring (bicyclic) bond motifs is 2. The first-order valence-electron chi connectivity index (χ1n) is 12.2. The van der Waals surface area contributed by atoms with Crippen molar-refractivity contribution in [3.8, 4) is 28.0 Å². The van der Waals surface area contributed by atoms with Crippen molar-refractivity contribution in [3.05, 3.63) is 127 Å². The Bertz CT molecular complexity index is 1770. The zero-order valence-electron chi connectivity index (χ0n) is 20.4. The van der Waals surface area contributed by atoms with Gasteiger partial charge in [-0.1, -0.05) is 84.9 Å². The summed E-state index contributed by atoms with van der Waals surface area (Å²) in [6, 6.07) is 36.2. The number of aromatic nitrogens is 1. The van der Waals surface area contributed by atoms with Gasteiger partial charge in [-0.3, -0.25) is 0 Å². The highest BCUT2D eigenvalue weighted by Crippen LogP contribution is 2.40. The second kappa shape index (κ2) is 9.32. The highest BCUT2D eigenvalue weighted by molar-refractivity contribution is 6.09. The minimum Gasteiger partial charge on any atom is -0.497 e. The molecule has 1 aromatic heterocycles. The molecule has 0 aliphatic carbocycles. The van der Waals surface area contributed by atoms with Crippen molar-refractivity contribution in [2.75, 3.05) is 7.11 Å². The summed E-state index contributed by atoms with van der Waals surface area (Å²) in [6.45, 7) is 0.686. The van der Waals surface area contributed by atoms with Crippen LogP contribution in [0.4, 0.5) is 0 Å². The predicted octanol–water partition coefficient (Wildman–Crippen LogP) is 7.88. The fourth-order valence-electron chi connectivity index (χ4n) is 5.24. The molecule has 1 N–H and O–H groups in total. The summed E-state index contributed by atoms with van der Waals surface area (Å²) in [4.78, 5) is 12.1. The van der Waals surface area contributed by atoms with Crippen molar-refractivity contribution in [2.45, 2.75) is 6.54 Å². The first-order chi connectivity index (χ1) is 18.1. The van der Waals surface area contributed by atoms with Crippen molar-refractivity contribution in [1.29, 1.82) is 0 Å². The van der Waals surface area contributed by atoms with Crippen LogP contribution in [0.2, 0.25) is 0 Å². The Morgan fingerprint density at radius 1 is 0.784 bits per heavy atom. The van der Waals surface area contributed by atoms with Crippen LogP contribution in [-0.4, -0.2) is 22.8 Å². The van der Waals surface area contributed by atoms with Crippen LogP contribution in [0.5, 0.6) is 5.75 Å². The molecule has 0 spiro atoms. The number of carboxylic acids is 1. The van der Waals surface area contributed by atoms with E-state index in [9.17, 15) is 9.90 Å². The maximum absolute atomic E-state index is 12.1. The van der Waals surface area contributed by atoms with E-state index < -0.39 is 5.97 Å². The Labute approximate surface area is 215 Å². The van der Waals surface area contributed by atoms with Gasteiger partial charge in [-0.25, -0.2) is 4.79 Å². The normalized spacial score (nSPS) is 11.2. The van der Waals surface area contributed by atoms with Gasteiger partial charge in [0.15, 0.2) is 0 Å². The number of carboxylic acid groups (broad SMARTS) is 1. The van der Waals surface area contributed by atoms with Gasteiger partial charge in [0, 0.05) is 29.2 Å². The summed E-state index contributed by atoms with van der Waals surface area (Å²) in [5.41, 5.74) is 6.20. The molecule has 0 bridgehead atoms. The van der Waals surface area contributed by atoms with E-state index >= 15 is 0 Å². The summed E-state index contributed by atoms with van der Waals surface area (Å²) in [5.74, 6) is -0.165. The van der Waals surface area contributed by atoms with Crippen molar-refractivity contribution in [1.82, 2.24) is 4.57 Å². The highest BCUT2D eigenvalue weighted by atomic mass is 16.5. The molecule has 0 atom stereocenters. The minimum atomic E-state index is -0.939. The predicted molar refractivity (Wildman–Crippen MR) is 149 cm³/mol. The Kier molecular flexibility index (Phi) is 5.70. The van der Waals surface area contributed by atoms with Gasteiger partial charge in [-0.15, -0.1) is 0 Å². The van der Waals surface area contributed by atoms with Gasteiger partial charge in [0.1, 0.15) is 5.75 Å². The Morgan fingerprint density at radius 2 is 1.51 bits per heavy atom. The van der Waals surface area contributed by atoms with Gasteiger partial charge in [-0.2, -0.15) is 0 Å². The smallest absolute Gasteiger partial charge is 0.336 e. The molecule has 0 unspecified atom stereocenters. The fourth-order valence-corrected chi connectivity index (χ4v) is 5.24. The lowest BCUT2D eigenvalue weighted by Crippen LogP contribution is -2.00. The molecule has 4 nitrogen and oxygen atoms in total. The molecule has 180 valence electrons. The Hall–Kier alpha value is -4.83. The molecule has 0 saturated carbocycles. The van der Waals surface area contributed by atoms with Crippen molar-refractivity contribution in [2.24, 2.45) is 0 Å². The Morgan fingerprint density at radius 3 is 2.38 bits per heavy atom. The maximum Gasteiger partial charge on any atom is 0.336 e. The number of nitrogens with zero attached hydrogens (tertiary/aromatic N) is 1. The lowest BCUT2D eigenvalue weighted by molar-refractivity contribution is 0.0697. The van der Waals surface area contributed by atoms with Crippen molar-refractivity contribution >= 4 is 27.6 Å². The van der Waals surface area contributed by atoms with Crippen LogP contribution in [-0.2, 0) is 6.54 Å². The van der Waals surface area contributed by atoms with Gasteiger partial charge >= 0.3 is 5.97 Å². The molecule has 6 aromatic rings. The molecular formula is C33H25NO3. The summed E-state index contributed by atoms with van der Waals surface area (Å²) in [5, 5.41) is 13.4. The van der Waals surface area contributed by atoms with E-state index in [1.54, 1.807) is 19.2 Å². The number of benzene rings is 5. The number of aromatic carboxylic acids is 1. The number of hydrogen-bond acceptors (Lipinski definition) is 2. The highest BCUT2D eigenvalue weighted by Gasteiger charge is 2.19. The summed E-state index contributed by atoms with van der Waals surface area (Å²) < 4.78 is 7.78. The van der Waals surface area contributed by atoms with E-state index in [1.165, 1.54) is 16.3 Å². The number of carbonyl (C=O) groups is 1. The molecule has 0 aliphatic rings. The van der Waals surface area contributed by atoms with E-state index in [0.717, 1.165) is 33.3 Å². The van der Waals surface area contributed by atoms with Gasteiger partial charge in [-0.05, 0) is 57.3 Å². The summed E-state index contributed by atoms with van der Waals surface area (Å²) >= 11 is 0. The second-order valence-corrected chi connectivity index (χ2v) is 9.09. The maximum atomic E-state index is 12.1. The molecule has 0 amide bonds. The number of methoxy groups -OCH3 is 1. The van der Waals surface area contributed by atoms with Crippen molar-refractivity contribution < 1.29 is 14.6 Å². The lowest BCUT2D eigenvalue weighted by atomic mass is 9.93. The van der Waals surface area contributed by atoms with Crippen LogP contribution in [0.1, 0.15) is 15.9 Å². The molecule has 37 heavy (non-hydrogen) atoms. The quantitative estimate of drug-likeness (QED) is 0.262. The van der Waals surface area contributed by atoms with E-state index in [-0.39, 0.29) is 5.56 Å². The van der Waals surface area contributed by atoms with E-state index in [2.05, 4.69) is 65.4 Å². The van der Waals surface area contributed by atoms with Crippen molar-refractivity contribution in [3.63, 3.8) is 0 Å². The van der Waals surface area contributed by atoms with Gasteiger partial charge in [0.25, 0.3) is 0 Å². The zero-order chi connectivity index (χ0) is 25.4. The van der Waals surface area contributed by atoms with Crippen LogP contribution in [0.25, 0.3) is 43.9 Å². The van der Waals surface area contributed by atoms with E-state index in [0.29, 0.717) is 12.1 Å². The summed E-state index contributed by atoms with van der Waals surface area (Å²) in [6.07, 6.45) is 2.17. The van der Waals surface area contributed by atoms with Crippen LogP contribution in [0.3, 0.4) is 0 Å². The molecule has 0 saturated heterocycles. The second-order valence-electron chi connectivity index (χ2n) is 9.09. The number of rotatable bonds is 6. The molecule has 4 heteroatoms. The fraction of sp³-hybridized carbons (Fsp3) is 0.0606. The van der Waals surface area contributed by atoms with Crippen LogP contribution in [0, 0.1) is 0 Å². The van der Waals surface area contributed by atoms with Crippen LogP contribution >= 0.6 is 0 Å². The summed E-state index contributed by atoms with van der Waals surface area (Å²) in [7, 11) is 1.66. The average molecular weight is 484 g/mol. The van der Waals surface area contributed by atoms with Gasteiger partial charge in [0.05, 0.1) is 12.7 Å². The number of hydrogen-bond donors (Lipinski definition) is 1. The first kappa shape index (κ1) is 22.6. The topological polar surface area (TPSA) is 51.5 Å². The average Bonchev–Trinajstić information content (AvgIpc) is 3.32. The van der Waals surface area contributed by atoms with Crippen LogP contribution < -0.4 is 4.74 Å². The third-order valence-corrected chi connectivity index (χ3v) is 6.96. The first-order valence-corrected chi connectivity index (χ1v) is 12.2. The lowest BCUT2D eigenvalue weighted by Gasteiger charge is -2.12. The SMILES string of the molecule is COc1cccc(-c2cn(Cc3cccc4ccccc34)c3cccc(-c4ccccc4C(=O)O)c23)c1. The van der Waals surface area contributed by atoms with Crippen LogP contribution in [0.15, 0.2) is 115 Å². The number of ether oxygens (including phenoxy) is 1. The minimum absolute atomic E-state index is 0.286.